The molecule has 0 saturated carbocycles. The second-order valence-corrected chi connectivity index (χ2v) is 8.31. The summed E-state index contributed by atoms with van der Waals surface area (Å²) in [4.78, 5) is 12.3. The molecule has 1 amide bonds. The van der Waals surface area contributed by atoms with E-state index in [9.17, 15) is 13.2 Å². The standard InChI is InChI=1S/C20H15Cl2N3O3S/c21-18-8-4-5-15(19(18)22)13-23-24-20(26)14-9-11-16(12-10-14)25-29(27,28)17-6-2-1-3-7-17/h1-13,25H,(H,24,26)/b23-13-. The Hall–Kier alpha value is -2.87. The van der Waals surface area contributed by atoms with Gasteiger partial charge in [-0.15, -0.1) is 0 Å². The summed E-state index contributed by atoms with van der Waals surface area (Å²) in [5, 5.41) is 4.58. The van der Waals surface area contributed by atoms with Crippen LogP contribution in [0.2, 0.25) is 10.0 Å². The molecule has 0 aliphatic carbocycles. The summed E-state index contributed by atoms with van der Waals surface area (Å²) < 4.78 is 27.1. The van der Waals surface area contributed by atoms with Crippen molar-refractivity contribution in [1.82, 2.24) is 5.43 Å². The molecule has 0 saturated heterocycles. The van der Waals surface area contributed by atoms with Crippen LogP contribution in [-0.2, 0) is 10.0 Å². The predicted molar refractivity (Wildman–Crippen MR) is 115 cm³/mol. The van der Waals surface area contributed by atoms with Crippen molar-refractivity contribution in [2.75, 3.05) is 4.72 Å². The molecule has 0 aromatic heterocycles. The topological polar surface area (TPSA) is 87.6 Å². The Morgan fingerprint density at radius 1 is 0.897 bits per heavy atom. The van der Waals surface area contributed by atoms with Crippen molar-refractivity contribution in [2.45, 2.75) is 4.90 Å². The zero-order valence-electron chi connectivity index (χ0n) is 14.8. The Morgan fingerprint density at radius 3 is 2.28 bits per heavy atom. The van der Waals surface area contributed by atoms with Gasteiger partial charge >= 0.3 is 0 Å². The number of carbonyl (C=O) groups excluding carboxylic acids is 1. The zero-order valence-corrected chi connectivity index (χ0v) is 17.2. The van der Waals surface area contributed by atoms with Crippen molar-refractivity contribution >= 4 is 51.0 Å². The highest BCUT2D eigenvalue weighted by atomic mass is 35.5. The molecule has 3 aromatic rings. The van der Waals surface area contributed by atoms with Crippen molar-refractivity contribution in [2.24, 2.45) is 5.10 Å². The molecule has 6 nitrogen and oxygen atoms in total. The largest absolute Gasteiger partial charge is 0.280 e. The summed E-state index contributed by atoms with van der Waals surface area (Å²) in [6, 6.07) is 19.0. The van der Waals surface area contributed by atoms with E-state index in [1.807, 2.05) is 0 Å². The summed E-state index contributed by atoms with van der Waals surface area (Å²) in [6.45, 7) is 0. The summed E-state index contributed by atoms with van der Waals surface area (Å²) in [6.07, 6.45) is 1.38. The van der Waals surface area contributed by atoms with Crippen molar-refractivity contribution in [3.8, 4) is 0 Å². The normalized spacial score (nSPS) is 11.4. The Morgan fingerprint density at radius 2 is 1.59 bits per heavy atom. The smallest absolute Gasteiger partial charge is 0.271 e. The number of hydrazone groups is 1. The molecule has 3 aromatic carbocycles. The van der Waals surface area contributed by atoms with Crippen molar-refractivity contribution in [3.63, 3.8) is 0 Å². The van der Waals surface area contributed by atoms with Crippen LogP contribution in [0, 0.1) is 0 Å². The Labute approximate surface area is 178 Å². The minimum atomic E-state index is -3.70. The fraction of sp³-hybridized carbons (Fsp3) is 0. The van der Waals surface area contributed by atoms with Crippen LogP contribution in [0.25, 0.3) is 0 Å². The van der Waals surface area contributed by atoms with Crippen molar-refractivity contribution in [3.05, 3.63) is 94.0 Å². The molecule has 0 atom stereocenters. The van der Waals surface area contributed by atoms with Crippen LogP contribution in [0.4, 0.5) is 5.69 Å². The van der Waals surface area contributed by atoms with E-state index in [-0.39, 0.29) is 4.90 Å². The maximum absolute atomic E-state index is 12.3. The van der Waals surface area contributed by atoms with E-state index >= 15 is 0 Å². The number of sulfonamides is 1. The lowest BCUT2D eigenvalue weighted by Crippen LogP contribution is -2.18. The zero-order chi connectivity index (χ0) is 20.9. The van der Waals surface area contributed by atoms with Gasteiger partial charge in [0.25, 0.3) is 15.9 Å². The van der Waals surface area contributed by atoms with Gasteiger partial charge in [-0.2, -0.15) is 5.10 Å². The number of benzene rings is 3. The van der Waals surface area contributed by atoms with E-state index in [2.05, 4.69) is 15.2 Å². The second kappa shape index (κ2) is 9.09. The van der Waals surface area contributed by atoms with Gasteiger partial charge in [0.1, 0.15) is 0 Å². The fourth-order valence-electron chi connectivity index (χ4n) is 2.35. The fourth-order valence-corrected chi connectivity index (χ4v) is 3.78. The molecule has 0 aliphatic heterocycles. The van der Waals surface area contributed by atoms with E-state index in [0.717, 1.165) is 0 Å². The Bertz CT molecular complexity index is 1150. The first-order valence-electron chi connectivity index (χ1n) is 8.32. The summed E-state index contributed by atoms with van der Waals surface area (Å²) >= 11 is 12.0. The van der Waals surface area contributed by atoms with Crippen LogP contribution in [0.5, 0.6) is 0 Å². The predicted octanol–water partition coefficient (Wildman–Crippen LogP) is 4.56. The quantitative estimate of drug-likeness (QED) is 0.428. The average molecular weight is 448 g/mol. The van der Waals surface area contributed by atoms with E-state index in [1.54, 1.807) is 36.4 Å². The number of hydrogen-bond acceptors (Lipinski definition) is 4. The number of anilines is 1. The van der Waals surface area contributed by atoms with Gasteiger partial charge < -0.3 is 0 Å². The molecule has 29 heavy (non-hydrogen) atoms. The molecular formula is C20H15Cl2N3O3S. The van der Waals surface area contributed by atoms with Crippen molar-refractivity contribution in [1.29, 1.82) is 0 Å². The number of nitrogens with zero attached hydrogens (tertiary/aromatic N) is 1. The van der Waals surface area contributed by atoms with Crippen molar-refractivity contribution < 1.29 is 13.2 Å². The molecule has 0 unspecified atom stereocenters. The third kappa shape index (κ3) is 5.35. The Kier molecular flexibility index (Phi) is 6.53. The lowest BCUT2D eigenvalue weighted by molar-refractivity contribution is 0.0955. The van der Waals surface area contributed by atoms with E-state index < -0.39 is 15.9 Å². The SMILES string of the molecule is O=C(N/N=C\c1cccc(Cl)c1Cl)c1ccc(NS(=O)(=O)c2ccccc2)cc1. The van der Waals surface area contributed by atoms with Crippen LogP contribution in [0.15, 0.2) is 82.8 Å². The number of halogens is 2. The Balaban J connectivity index is 1.64. The first kappa shape index (κ1) is 20.9. The highest BCUT2D eigenvalue weighted by Gasteiger charge is 2.13. The van der Waals surface area contributed by atoms with E-state index in [0.29, 0.717) is 26.9 Å². The van der Waals surface area contributed by atoms with Gasteiger partial charge in [-0.1, -0.05) is 53.5 Å². The van der Waals surface area contributed by atoms with Gasteiger partial charge in [0.05, 0.1) is 21.2 Å². The highest BCUT2D eigenvalue weighted by molar-refractivity contribution is 7.92. The summed E-state index contributed by atoms with van der Waals surface area (Å²) in [7, 11) is -3.70. The molecule has 0 spiro atoms. The first-order chi connectivity index (χ1) is 13.9. The van der Waals surface area contributed by atoms with Crippen LogP contribution < -0.4 is 10.1 Å². The molecule has 148 valence electrons. The molecule has 0 fully saturated rings. The molecular weight excluding hydrogens is 433 g/mol. The molecule has 0 bridgehead atoms. The lowest BCUT2D eigenvalue weighted by Gasteiger charge is -2.08. The van der Waals surface area contributed by atoms with E-state index in [1.165, 1.54) is 42.6 Å². The van der Waals surface area contributed by atoms with Crippen LogP contribution in [-0.4, -0.2) is 20.5 Å². The molecule has 0 heterocycles. The monoisotopic (exact) mass is 447 g/mol. The minimum absolute atomic E-state index is 0.149. The number of carbonyl (C=O) groups is 1. The molecule has 0 aliphatic rings. The summed E-state index contributed by atoms with van der Waals surface area (Å²) in [5.41, 5.74) is 3.58. The maximum atomic E-state index is 12.3. The van der Waals surface area contributed by atoms with Crippen LogP contribution in [0.3, 0.4) is 0 Å². The summed E-state index contributed by atoms with van der Waals surface area (Å²) in [5.74, 6) is -0.461. The lowest BCUT2D eigenvalue weighted by atomic mass is 10.2. The maximum Gasteiger partial charge on any atom is 0.271 e. The van der Waals surface area contributed by atoms with Gasteiger partial charge in [0, 0.05) is 16.8 Å². The van der Waals surface area contributed by atoms with Gasteiger partial charge in [0.15, 0.2) is 0 Å². The van der Waals surface area contributed by atoms with E-state index in [4.69, 9.17) is 23.2 Å². The van der Waals surface area contributed by atoms with Crippen LogP contribution >= 0.6 is 23.2 Å². The third-order valence-electron chi connectivity index (χ3n) is 3.80. The van der Waals surface area contributed by atoms with Gasteiger partial charge in [-0.3, -0.25) is 9.52 Å². The van der Waals surface area contributed by atoms with Crippen LogP contribution in [0.1, 0.15) is 15.9 Å². The number of nitrogens with one attached hydrogen (secondary N) is 2. The minimum Gasteiger partial charge on any atom is -0.280 e. The molecule has 9 heteroatoms. The highest BCUT2D eigenvalue weighted by Crippen LogP contribution is 2.24. The third-order valence-corrected chi connectivity index (χ3v) is 6.03. The molecule has 0 radical (unpaired) electrons. The van der Waals surface area contributed by atoms with Gasteiger partial charge in [-0.25, -0.2) is 13.8 Å². The number of hydrogen-bond donors (Lipinski definition) is 2. The number of amides is 1. The second-order valence-electron chi connectivity index (χ2n) is 5.84. The molecule has 3 rings (SSSR count). The first-order valence-corrected chi connectivity index (χ1v) is 10.6. The average Bonchev–Trinajstić information content (AvgIpc) is 2.72. The molecule has 2 N–H and O–H groups in total. The van der Waals surface area contributed by atoms with Gasteiger partial charge in [-0.05, 0) is 42.5 Å². The number of rotatable bonds is 6. The van der Waals surface area contributed by atoms with Gasteiger partial charge in [0.2, 0.25) is 0 Å².